The summed E-state index contributed by atoms with van der Waals surface area (Å²) < 4.78 is 2.71. The molecule has 0 aliphatic rings. The Hall–Kier alpha value is -1.20. The summed E-state index contributed by atoms with van der Waals surface area (Å²) in [6.45, 7) is 1.90. The topological polar surface area (TPSA) is 50.9 Å². The number of halogens is 1. The quantitative estimate of drug-likeness (QED) is 0.904. The monoisotopic (exact) mass is 267 g/mol. The Bertz CT molecular complexity index is 481. The molecule has 78 valence electrons. The fourth-order valence-corrected chi connectivity index (χ4v) is 2.06. The highest BCUT2D eigenvalue weighted by Gasteiger charge is 2.07. The largest absolute Gasteiger partial charge is 0.388 e. The Labute approximate surface area is 95.7 Å². The summed E-state index contributed by atoms with van der Waals surface area (Å²) in [5, 5.41) is 16.7. The van der Waals surface area contributed by atoms with Gasteiger partial charge in [0.1, 0.15) is 12.9 Å². The Kier molecular flexibility index (Phi) is 2.83. The molecule has 0 saturated heterocycles. The maximum atomic E-state index is 9.08. The number of aliphatic hydroxyl groups excluding tert-OH is 1. The molecule has 5 heteroatoms. The van der Waals surface area contributed by atoms with Crippen LogP contribution in [0.25, 0.3) is 5.69 Å². The standard InChI is InChI=1S/C10H10BrN3O/c1-7-2-3-9(8(11)4-7)14-6-12-13-10(14)5-15/h2-4,6,15H,5H2,1H3. The molecule has 0 aliphatic carbocycles. The molecule has 0 unspecified atom stereocenters. The van der Waals surface area contributed by atoms with E-state index in [0.29, 0.717) is 5.82 Å². The molecule has 0 aliphatic heterocycles. The van der Waals surface area contributed by atoms with E-state index >= 15 is 0 Å². The Balaban J connectivity index is 2.54. The first-order chi connectivity index (χ1) is 7.22. The van der Waals surface area contributed by atoms with Gasteiger partial charge >= 0.3 is 0 Å². The molecule has 0 saturated carbocycles. The lowest BCUT2D eigenvalue weighted by atomic mass is 10.2. The second-order valence-electron chi connectivity index (χ2n) is 3.23. The lowest BCUT2D eigenvalue weighted by molar-refractivity contribution is 0.269. The van der Waals surface area contributed by atoms with Crippen LogP contribution >= 0.6 is 15.9 Å². The van der Waals surface area contributed by atoms with Gasteiger partial charge in [-0.3, -0.25) is 4.57 Å². The van der Waals surface area contributed by atoms with E-state index in [1.54, 1.807) is 10.9 Å². The van der Waals surface area contributed by atoms with Crippen molar-refractivity contribution in [2.24, 2.45) is 0 Å². The second-order valence-corrected chi connectivity index (χ2v) is 4.08. The lowest BCUT2D eigenvalue weighted by Crippen LogP contribution is -2.00. The average molecular weight is 268 g/mol. The van der Waals surface area contributed by atoms with Gasteiger partial charge in [-0.15, -0.1) is 10.2 Å². The van der Waals surface area contributed by atoms with Crippen LogP contribution in [0.4, 0.5) is 0 Å². The maximum absolute atomic E-state index is 9.08. The number of nitrogens with zero attached hydrogens (tertiary/aromatic N) is 3. The Morgan fingerprint density at radius 2 is 2.27 bits per heavy atom. The number of aryl methyl sites for hydroxylation is 1. The molecule has 2 rings (SSSR count). The Morgan fingerprint density at radius 3 is 2.93 bits per heavy atom. The molecule has 2 aromatic rings. The minimum Gasteiger partial charge on any atom is -0.388 e. The van der Waals surface area contributed by atoms with Crippen LogP contribution in [-0.4, -0.2) is 19.9 Å². The fourth-order valence-electron chi connectivity index (χ4n) is 1.38. The zero-order chi connectivity index (χ0) is 10.8. The zero-order valence-corrected chi connectivity index (χ0v) is 9.77. The molecule has 0 spiro atoms. The summed E-state index contributed by atoms with van der Waals surface area (Å²) in [5.41, 5.74) is 2.10. The van der Waals surface area contributed by atoms with Crippen LogP contribution in [-0.2, 0) is 6.61 Å². The number of benzene rings is 1. The maximum Gasteiger partial charge on any atom is 0.163 e. The molecule has 4 nitrogen and oxygen atoms in total. The van der Waals surface area contributed by atoms with Crippen LogP contribution in [0, 0.1) is 6.92 Å². The molecule has 1 heterocycles. The van der Waals surface area contributed by atoms with Crippen molar-refractivity contribution in [3.63, 3.8) is 0 Å². The van der Waals surface area contributed by atoms with E-state index in [1.807, 2.05) is 25.1 Å². The number of rotatable bonds is 2. The van der Waals surface area contributed by atoms with Crippen LogP contribution in [0.15, 0.2) is 29.0 Å². The van der Waals surface area contributed by atoms with Crippen LogP contribution in [0.2, 0.25) is 0 Å². The molecule has 0 bridgehead atoms. The molecule has 0 fully saturated rings. The van der Waals surface area contributed by atoms with E-state index in [9.17, 15) is 0 Å². The third-order valence-electron chi connectivity index (χ3n) is 2.12. The van der Waals surface area contributed by atoms with Gasteiger partial charge < -0.3 is 5.11 Å². The highest BCUT2D eigenvalue weighted by Crippen LogP contribution is 2.22. The van der Waals surface area contributed by atoms with Gasteiger partial charge in [-0.1, -0.05) is 6.07 Å². The van der Waals surface area contributed by atoms with E-state index in [2.05, 4.69) is 26.1 Å². The summed E-state index contributed by atoms with van der Waals surface area (Å²) in [5.74, 6) is 0.527. The molecular formula is C10H10BrN3O. The predicted octanol–water partition coefficient (Wildman–Crippen LogP) is 1.83. The molecule has 1 N–H and O–H groups in total. The van der Waals surface area contributed by atoms with Gasteiger partial charge in [-0.25, -0.2) is 0 Å². The fraction of sp³-hybridized carbons (Fsp3) is 0.200. The highest BCUT2D eigenvalue weighted by atomic mass is 79.9. The van der Waals surface area contributed by atoms with Crippen molar-refractivity contribution < 1.29 is 5.11 Å². The number of hydrogen-bond donors (Lipinski definition) is 1. The van der Waals surface area contributed by atoms with Gasteiger partial charge in [0.05, 0.1) is 5.69 Å². The first-order valence-corrected chi connectivity index (χ1v) is 5.28. The van der Waals surface area contributed by atoms with Gasteiger partial charge in [0.15, 0.2) is 5.82 Å². The van der Waals surface area contributed by atoms with Crippen molar-refractivity contribution >= 4 is 15.9 Å². The predicted molar refractivity (Wildman–Crippen MR) is 59.7 cm³/mol. The molecule has 1 aromatic carbocycles. The Morgan fingerprint density at radius 1 is 1.47 bits per heavy atom. The molecule has 0 radical (unpaired) electrons. The first-order valence-electron chi connectivity index (χ1n) is 4.48. The van der Waals surface area contributed by atoms with E-state index in [1.165, 1.54) is 5.56 Å². The van der Waals surface area contributed by atoms with Crippen molar-refractivity contribution in [2.75, 3.05) is 0 Å². The van der Waals surface area contributed by atoms with Gasteiger partial charge in [0, 0.05) is 4.47 Å². The molecular weight excluding hydrogens is 258 g/mol. The summed E-state index contributed by atoms with van der Waals surface area (Å²) in [7, 11) is 0. The highest BCUT2D eigenvalue weighted by molar-refractivity contribution is 9.10. The number of hydrogen-bond acceptors (Lipinski definition) is 3. The smallest absolute Gasteiger partial charge is 0.163 e. The van der Waals surface area contributed by atoms with Crippen molar-refractivity contribution in [2.45, 2.75) is 13.5 Å². The molecule has 0 atom stereocenters. The van der Waals surface area contributed by atoms with Crippen LogP contribution in [0.5, 0.6) is 0 Å². The second kappa shape index (κ2) is 4.12. The van der Waals surface area contributed by atoms with Crippen molar-refractivity contribution in [1.29, 1.82) is 0 Å². The number of aromatic nitrogens is 3. The third-order valence-corrected chi connectivity index (χ3v) is 2.76. The van der Waals surface area contributed by atoms with Crippen molar-refractivity contribution in [1.82, 2.24) is 14.8 Å². The van der Waals surface area contributed by atoms with Crippen LogP contribution in [0.1, 0.15) is 11.4 Å². The lowest BCUT2D eigenvalue weighted by Gasteiger charge is -2.07. The molecule has 15 heavy (non-hydrogen) atoms. The van der Waals surface area contributed by atoms with Crippen molar-refractivity contribution in [3.05, 3.63) is 40.4 Å². The average Bonchev–Trinajstić information content (AvgIpc) is 2.65. The van der Waals surface area contributed by atoms with Crippen LogP contribution < -0.4 is 0 Å². The summed E-state index contributed by atoms with van der Waals surface area (Å²) in [4.78, 5) is 0. The van der Waals surface area contributed by atoms with E-state index < -0.39 is 0 Å². The first kappa shape index (κ1) is 10.3. The summed E-state index contributed by atoms with van der Waals surface area (Å²) in [6.07, 6.45) is 1.58. The van der Waals surface area contributed by atoms with Gasteiger partial charge in [-0.2, -0.15) is 0 Å². The van der Waals surface area contributed by atoms with Crippen molar-refractivity contribution in [3.8, 4) is 5.69 Å². The SMILES string of the molecule is Cc1ccc(-n2cnnc2CO)c(Br)c1. The molecule has 0 amide bonds. The van der Waals surface area contributed by atoms with Gasteiger partial charge in [-0.05, 0) is 40.5 Å². The van der Waals surface area contributed by atoms with E-state index in [4.69, 9.17) is 5.11 Å². The molecule has 1 aromatic heterocycles. The van der Waals surface area contributed by atoms with E-state index in [0.717, 1.165) is 10.2 Å². The van der Waals surface area contributed by atoms with Gasteiger partial charge in [0.25, 0.3) is 0 Å². The number of aliphatic hydroxyl groups is 1. The minimum atomic E-state index is -0.125. The normalized spacial score (nSPS) is 10.6. The van der Waals surface area contributed by atoms with Gasteiger partial charge in [0.2, 0.25) is 0 Å². The van der Waals surface area contributed by atoms with E-state index in [-0.39, 0.29) is 6.61 Å². The third kappa shape index (κ3) is 1.93. The minimum absolute atomic E-state index is 0.125. The zero-order valence-electron chi connectivity index (χ0n) is 8.18. The summed E-state index contributed by atoms with van der Waals surface area (Å²) >= 11 is 3.47. The van der Waals surface area contributed by atoms with Crippen LogP contribution in [0.3, 0.4) is 0 Å². The summed E-state index contributed by atoms with van der Waals surface area (Å²) in [6, 6.07) is 5.97.